The van der Waals surface area contributed by atoms with Gasteiger partial charge < -0.3 is 10.4 Å². The van der Waals surface area contributed by atoms with Gasteiger partial charge in [-0.25, -0.2) is 14.5 Å². The van der Waals surface area contributed by atoms with Gasteiger partial charge in [-0.1, -0.05) is 30.3 Å². The second kappa shape index (κ2) is 4.72. The number of amides is 1. The van der Waals surface area contributed by atoms with E-state index in [4.69, 9.17) is 5.11 Å². The summed E-state index contributed by atoms with van der Waals surface area (Å²) in [7, 11) is 0. The van der Waals surface area contributed by atoms with E-state index in [2.05, 4.69) is 15.4 Å². The van der Waals surface area contributed by atoms with E-state index in [1.807, 2.05) is 35.0 Å². The fourth-order valence-electron chi connectivity index (χ4n) is 2.31. The topological polar surface area (TPSA) is 80.0 Å². The first-order valence-electron chi connectivity index (χ1n) is 6.21. The molecule has 6 heteroatoms. The molecule has 0 fully saturated rings. The molecule has 0 bridgehead atoms. The molecule has 6 nitrogen and oxygen atoms in total. The molecule has 2 aromatic rings. The molecule has 0 aliphatic carbocycles. The number of carbonyl (C=O) groups is 1. The lowest BCUT2D eigenvalue weighted by Gasteiger charge is -2.21. The van der Waals surface area contributed by atoms with Crippen LogP contribution in [-0.2, 0) is 13.0 Å². The number of hydrogen-bond acceptors (Lipinski definition) is 3. The maximum Gasteiger partial charge on any atom is 0.404 e. The van der Waals surface area contributed by atoms with Crippen molar-refractivity contribution >= 4 is 6.09 Å². The molecule has 0 radical (unpaired) electrons. The van der Waals surface area contributed by atoms with Gasteiger partial charge in [-0.15, -0.1) is 0 Å². The van der Waals surface area contributed by atoms with E-state index in [0.717, 1.165) is 17.8 Å². The van der Waals surface area contributed by atoms with Crippen molar-refractivity contribution in [3.63, 3.8) is 0 Å². The number of aromatic nitrogens is 3. The summed E-state index contributed by atoms with van der Waals surface area (Å²) in [6, 6.07) is 9.71. The molecule has 1 aromatic heterocycles. The Kier molecular flexibility index (Phi) is 2.91. The number of fused-ring (bicyclic) bond motifs is 1. The zero-order valence-electron chi connectivity index (χ0n) is 10.3. The number of aryl methyl sites for hydroxylation is 1. The van der Waals surface area contributed by atoms with E-state index >= 15 is 0 Å². The van der Waals surface area contributed by atoms with Crippen molar-refractivity contribution in [2.24, 2.45) is 0 Å². The third-order valence-electron chi connectivity index (χ3n) is 3.23. The molecule has 98 valence electrons. The highest BCUT2D eigenvalue weighted by Gasteiger charge is 2.23. The summed E-state index contributed by atoms with van der Waals surface area (Å²) in [5.41, 5.74) is 0.979. The Morgan fingerprint density at radius 3 is 2.89 bits per heavy atom. The minimum Gasteiger partial charge on any atom is -0.465 e. The summed E-state index contributed by atoms with van der Waals surface area (Å²) in [4.78, 5) is 15.1. The smallest absolute Gasteiger partial charge is 0.404 e. The molecule has 1 aromatic carbocycles. The van der Waals surface area contributed by atoms with Gasteiger partial charge >= 0.3 is 6.09 Å². The van der Waals surface area contributed by atoms with Gasteiger partial charge in [-0.05, 0) is 6.42 Å². The third kappa shape index (κ3) is 2.42. The Bertz CT molecular complexity index is 594. The Morgan fingerprint density at radius 2 is 2.16 bits per heavy atom. The Labute approximate surface area is 110 Å². The van der Waals surface area contributed by atoms with Gasteiger partial charge in [0.05, 0.1) is 0 Å². The molecule has 1 amide bonds. The van der Waals surface area contributed by atoms with Crippen LogP contribution in [0.4, 0.5) is 4.79 Å². The SMILES string of the molecule is O=C(O)NC1CCn2nc(-c3ccccc3)nc2C1. The number of benzene rings is 1. The standard InChI is InChI=1S/C13H14N4O2/c18-13(19)14-10-6-7-17-11(8-10)15-12(16-17)9-4-2-1-3-5-9/h1-5,10,14H,6-8H2,(H,18,19). The molecule has 1 atom stereocenters. The second-order valence-corrected chi connectivity index (χ2v) is 4.58. The zero-order valence-corrected chi connectivity index (χ0v) is 10.3. The van der Waals surface area contributed by atoms with Crippen LogP contribution in [0.3, 0.4) is 0 Å². The van der Waals surface area contributed by atoms with Gasteiger partial charge in [-0.3, -0.25) is 0 Å². The van der Waals surface area contributed by atoms with Crippen LogP contribution < -0.4 is 5.32 Å². The number of carboxylic acid groups (broad SMARTS) is 1. The second-order valence-electron chi connectivity index (χ2n) is 4.58. The van der Waals surface area contributed by atoms with Crippen molar-refractivity contribution in [2.45, 2.75) is 25.4 Å². The lowest BCUT2D eigenvalue weighted by atomic mass is 10.1. The molecule has 19 heavy (non-hydrogen) atoms. The summed E-state index contributed by atoms with van der Waals surface area (Å²) < 4.78 is 1.86. The van der Waals surface area contributed by atoms with E-state index in [-0.39, 0.29) is 6.04 Å². The van der Waals surface area contributed by atoms with Crippen LogP contribution in [-0.4, -0.2) is 32.0 Å². The highest BCUT2D eigenvalue weighted by molar-refractivity contribution is 5.64. The van der Waals surface area contributed by atoms with Crippen LogP contribution in [0.25, 0.3) is 11.4 Å². The largest absolute Gasteiger partial charge is 0.465 e. The van der Waals surface area contributed by atoms with Crippen molar-refractivity contribution in [3.8, 4) is 11.4 Å². The molecule has 1 aliphatic rings. The highest BCUT2D eigenvalue weighted by atomic mass is 16.4. The monoisotopic (exact) mass is 258 g/mol. The summed E-state index contributed by atoms with van der Waals surface area (Å²) in [6.07, 6.45) is 0.351. The predicted octanol–water partition coefficient (Wildman–Crippen LogP) is 1.53. The first-order valence-corrected chi connectivity index (χ1v) is 6.21. The van der Waals surface area contributed by atoms with Gasteiger partial charge in [0, 0.05) is 24.6 Å². The molecule has 2 N–H and O–H groups in total. The van der Waals surface area contributed by atoms with Crippen LogP contribution in [0.15, 0.2) is 30.3 Å². The fourth-order valence-corrected chi connectivity index (χ4v) is 2.31. The molecule has 1 unspecified atom stereocenters. The lowest BCUT2D eigenvalue weighted by molar-refractivity contribution is 0.186. The van der Waals surface area contributed by atoms with Crippen LogP contribution in [0.2, 0.25) is 0 Å². The van der Waals surface area contributed by atoms with Crippen LogP contribution in [0.5, 0.6) is 0 Å². The highest BCUT2D eigenvalue weighted by Crippen LogP contribution is 2.19. The Hall–Kier alpha value is -2.37. The van der Waals surface area contributed by atoms with Crippen molar-refractivity contribution in [1.29, 1.82) is 0 Å². The zero-order chi connectivity index (χ0) is 13.2. The number of nitrogens with zero attached hydrogens (tertiary/aromatic N) is 3. The van der Waals surface area contributed by atoms with Crippen molar-refractivity contribution in [1.82, 2.24) is 20.1 Å². The van der Waals surface area contributed by atoms with E-state index < -0.39 is 6.09 Å². The quantitative estimate of drug-likeness (QED) is 0.856. The third-order valence-corrected chi connectivity index (χ3v) is 3.23. The van der Waals surface area contributed by atoms with Gasteiger partial charge in [0.25, 0.3) is 0 Å². The van der Waals surface area contributed by atoms with E-state index in [1.165, 1.54) is 0 Å². The molecule has 0 spiro atoms. The maximum atomic E-state index is 10.7. The number of rotatable bonds is 2. The molecule has 2 heterocycles. The van der Waals surface area contributed by atoms with E-state index in [0.29, 0.717) is 18.8 Å². The number of hydrogen-bond donors (Lipinski definition) is 2. The Morgan fingerprint density at radius 1 is 1.37 bits per heavy atom. The normalized spacial score (nSPS) is 17.8. The van der Waals surface area contributed by atoms with E-state index in [1.54, 1.807) is 0 Å². The predicted molar refractivity (Wildman–Crippen MR) is 68.7 cm³/mol. The molecule has 3 rings (SSSR count). The van der Waals surface area contributed by atoms with Crippen molar-refractivity contribution in [3.05, 3.63) is 36.2 Å². The van der Waals surface area contributed by atoms with Gasteiger partial charge in [-0.2, -0.15) is 5.10 Å². The van der Waals surface area contributed by atoms with Gasteiger partial charge in [0.15, 0.2) is 5.82 Å². The number of nitrogens with one attached hydrogen (secondary N) is 1. The molecule has 1 aliphatic heterocycles. The average molecular weight is 258 g/mol. The van der Waals surface area contributed by atoms with Crippen LogP contribution in [0, 0.1) is 0 Å². The maximum absolute atomic E-state index is 10.7. The van der Waals surface area contributed by atoms with Crippen LogP contribution in [0.1, 0.15) is 12.2 Å². The molecular formula is C13H14N4O2. The lowest BCUT2D eigenvalue weighted by Crippen LogP contribution is -2.39. The summed E-state index contributed by atoms with van der Waals surface area (Å²) in [6.45, 7) is 0.695. The summed E-state index contributed by atoms with van der Waals surface area (Å²) in [5.74, 6) is 1.54. The minimum absolute atomic E-state index is 0.0715. The summed E-state index contributed by atoms with van der Waals surface area (Å²) >= 11 is 0. The average Bonchev–Trinajstić information content (AvgIpc) is 2.82. The van der Waals surface area contributed by atoms with Crippen molar-refractivity contribution in [2.75, 3.05) is 0 Å². The first kappa shape index (κ1) is 11.7. The van der Waals surface area contributed by atoms with Crippen molar-refractivity contribution < 1.29 is 9.90 Å². The van der Waals surface area contributed by atoms with Crippen LogP contribution >= 0.6 is 0 Å². The fraction of sp³-hybridized carbons (Fsp3) is 0.308. The molecule has 0 saturated carbocycles. The van der Waals surface area contributed by atoms with E-state index in [9.17, 15) is 4.79 Å². The van der Waals surface area contributed by atoms with Gasteiger partial charge in [0.2, 0.25) is 0 Å². The van der Waals surface area contributed by atoms with Gasteiger partial charge in [0.1, 0.15) is 5.82 Å². The minimum atomic E-state index is -0.985. The Balaban J connectivity index is 1.83. The summed E-state index contributed by atoms with van der Waals surface area (Å²) in [5, 5.41) is 15.7. The molecule has 0 saturated heterocycles. The first-order chi connectivity index (χ1) is 9.22. The molecular weight excluding hydrogens is 244 g/mol.